The molecule has 1 heterocycles. The van der Waals surface area contributed by atoms with Crippen molar-refractivity contribution in [2.24, 2.45) is 0 Å². The van der Waals surface area contributed by atoms with Crippen LogP contribution in [0, 0.1) is 0 Å². The van der Waals surface area contributed by atoms with Gasteiger partial charge in [-0.2, -0.15) is 0 Å². The summed E-state index contributed by atoms with van der Waals surface area (Å²) in [5.41, 5.74) is 8.30. The van der Waals surface area contributed by atoms with Gasteiger partial charge in [-0.05, 0) is 97.0 Å². The molecule has 0 aliphatic rings. The number of benzene rings is 9. The maximum Gasteiger partial charge on any atom is 0.0468 e. The zero-order valence-electron chi connectivity index (χ0n) is 27.3. The van der Waals surface area contributed by atoms with Crippen molar-refractivity contribution in [1.29, 1.82) is 0 Å². The largest absolute Gasteiger partial charge is 0.310 e. The number of hydrogen-bond donors (Lipinski definition) is 0. The number of fused-ring (bicyclic) bond motifs is 7. The van der Waals surface area contributed by atoms with Gasteiger partial charge in [0.25, 0.3) is 0 Å². The van der Waals surface area contributed by atoms with E-state index in [9.17, 15) is 0 Å². The Morgan fingerprint density at radius 2 is 0.800 bits per heavy atom. The van der Waals surface area contributed by atoms with E-state index in [2.05, 4.69) is 193 Å². The SMILES string of the molecule is c1ccc2c(-c3ccc(N(c4ccc(-c5cccc6ccccc56)cc4)c4ccc5sc6c7ccccc7ccc6c5c4)cc3)cccc2c1. The average Bonchev–Trinajstić information content (AvgIpc) is 3.57. The third-order valence-electron chi connectivity index (χ3n) is 10.1. The highest BCUT2D eigenvalue weighted by molar-refractivity contribution is 7.26. The molecule has 0 spiro atoms. The maximum atomic E-state index is 2.39. The van der Waals surface area contributed by atoms with E-state index in [4.69, 9.17) is 0 Å². The van der Waals surface area contributed by atoms with Crippen LogP contribution in [0.25, 0.3) is 74.7 Å². The maximum absolute atomic E-state index is 2.39. The second-order valence-electron chi connectivity index (χ2n) is 12.9. The molecule has 234 valence electrons. The Morgan fingerprint density at radius 3 is 1.38 bits per heavy atom. The highest BCUT2D eigenvalue weighted by Gasteiger charge is 2.17. The van der Waals surface area contributed by atoms with Gasteiger partial charge in [-0.25, -0.2) is 0 Å². The molecule has 0 bridgehead atoms. The smallest absolute Gasteiger partial charge is 0.0468 e. The van der Waals surface area contributed by atoms with Crippen molar-refractivity contribution in [2.45, 2.75) is 0 Å². The van der Waals surface area contributed by atoms with Gasteiger partial charge >= 0.3 is 0 Å². The summed E-state index contributed by atoms with van der Waals surface area (Å²) in [6, 6.07) is 68.7. The first kappa shape index (κ1) is 28.8. The van der Waals surface area contributed by atoms with E-state index in [0.717, 1.165) is 17.1 Å². The number of anilines is 3. The van der Waals surface area contributed by atoms with Crippen LogP contribution in [-0.4, -0.2) is 0 Å². The summed E-state index contributed by atoms with van der Waals surface area (Å²) < 4.78 is 2.65. The highest BCUT2D eigenvalue weighted by atomic mass is 32.1. The van der Waals surface area contributed by atoms with Crippen LogP contribution in [0.1, 0.15) is 0 Å². The Kier molecular flexibility index (Phi) is 6.75. The second kappa shape index (κ2) is 11.7. The molecule has 0 amide bonds. The zero-order valence-corrected chi connectivity index (χ0v) is 28.1. The lowest BCUT2D eigenvalue weighted by atomic mass is 9.97. The Labute approximate surface area is 294 Å². The minimum atomic E-state index is 1.12. The minimum Gasteiger partial charge on any atom is -0.310 e. The van der Waals surface area contributed by atoms with Gasteiger partial charge in [0, 0.05) is 37.2 Å². The van der Waals surface area contributed by atoms with Gasteiger partial charge in [0.1, 0.15) is 0 Å². The number of thiophene rings is 1. The molecule has 0 N–H and O–H groups in total. The first-order valence-corrected chi connectivity index (χ1v) is 17.9. The fourth-order valence-corrected chi connectivity index (χ4v) is 8.83. The summed E-state index contributed by atoms with van der Waals surface area (Å²) in [7, 11) is 0. The van der Waals surface area contributed by atoms with Crippen LogP contribution in [-0.2, 0) is 0 Å². The topological polar surface area (TPSA) is 3.24 Å². The van der Waals surface area contributed by atoms with Gasteiger partial charge in [-0.15, -0.1) is 11.3 Å². The molecule has 0 aliphatic heterocycles. The van der Waals surface area contributed by atoms with E-state index >= 15 is 0 Å². The standard InChI is InChI=1S/C48H31NS/c1-4-14-40-32(9-1)12-7-17-42(40)35-19-24-37(25-20-35)49(38-26-21-36(22-27-38)43-18-8-13-33-10-2-5-15-41(33)43)39-28-30-47-46(31-39)45-29-23-34-11-3-6-16-44(34)48(45)50-47/h1-31H. The summed E-state index contributed by atoms with van der Waals surface area (Å²) in [6.45, 7) is 0. The van der Waals surface area contributed by atoms with Gasteiger partial charge in [0.15, 0.2) is 0 Å². The molecule has 0 aliphatic carbocycles. The number of nitrogens with zero attached hydrogens (tertiary/aromatic N) is 1. The molecule has 9 aromatic carbocycles. The lowest BCUT2D eigenvalue weighted by Gasteiger charge is -2.26. The van der Waals surface area contributed by atoms with Crippen molar-refractivity contribution in [3.05, 3.63) is 188 Å². The van der Waals surface area contributed by atoms with E-state index < -0.39 is 0 Å². The molecule has 0 saturated heterocycles. The Morgan fingerprint density at radius 1 is 0.320 bits per heavy atom. The van der Waals surface area contributed by atoms with Gasteiger partial charge in [-0.1, -0.05) is 146 Å². The summed E-state index contributed by atoms with van der Waals surface area (Å²) in [6.07, 6.45) is 0. The van der Waals surface area contributed by atoms with E-state index in [0.29, 0.717) is 0 Å². The van der Waals surface area contributed by atoms with Crippen LogP contribution in [0.2, 0.25) is 0 Å². The Hall–Kier alpha value is -6.22. The molecule has 10 aromatic rings. The molecule has 0 fully saturated rings. The predicted octanol–water partition coefficient (Wildman–Crippen LogP) is 14.3. The van der Waals surface area contributed by atoms with Gasteiger partial charge in [0.05, 0.1) is 0 Å². The summed E-state index contributed by atoms with van der Waals surface area (Å²) >= 11 is 1.89. The molecule has 1 nitrogen and oxygen atoms in total. The normalized spacial score (nSPS) is 11.6. The Balaban J connectivity index is 1.12. The average molecular weight is 654 g/mol. The molecule has 10 rings (SSSR count). The molecule has 0 saturated carbocycles. The van der Waals surface area contributed by atoms with Crippen molar-refractivity contribution in [1.82, 2.24) is 0 Å². The zero-order chi connectivity index (χ0) is 33.0. The van der Waals surface area contributed by atoms with E-state index in [1.54, 1.807) is 0 Å². The monoisotopic (exact) mass is 653 g/mol. The number of hydrogen-bond acceptors (Lipinski definition) is 2. The van der Waals surface area contributed by atoms with E-state index in [1.807, 2.05) is 11.3 Å². The van der Waals surface area contributed by atoms with Gasteiger partial charge in [-0.3, -0.25) is 0 Å². The molecule has 2 heteroatoms. The first-order valence-electron chi connectivity index (χ1n) is 17.1. The second-order valence-corrected chi connectivity index (χ2v) is 14.0. The summed E-state index contributed by atoms with van der Waals surface area (Å²) in [5.74, 6) is 0. The van der Waals surface area contributed by atoms with Gasteiger partial charge < -0.3 is 4.90 Å². The lowest BCUT2D eigenvalue weighted by molar-refractivity contribution is 1.29. The molecule has 50 heavy (non-hydrogen) atoms. The summed E-state index contributed by atoms with van der Waals surface area (Å²) in [5, 5.41) is 10.2. The fraction of sp³-hybridized carbons (Fsp3) is 0. The van der Waals surface area contributed by atoms with Crippen molar-refractivity contribution in [3.8, 4) is 22.3 Å². The van der Waals surface area contributed by atoms with Crippen LogP contribution < -0.4 is 4.90 Å². The van der Waals surface area contributed by atoms with Crippen molar-refractivity contribution < 1.29 is 0 Å². The molecule has 1 aromatic heterocycles. The molecule has 0 atom stereocenters. The molecule has 0 unspecified atom stereocenters. The van der Waals surface area contributed by atoms with Crippen molar-refractivity contribution >= 4 is 80.9 Å². The van der Waals surface area contributed by atoms with Crippen LogP contribution in [0.3, 0.4) is 0 Å². The van der Waals surface area contributed by atoms with Crippen molar-refractivity contribution in [3.63, 3.8) is 0 Å². The molecule has 0 radical (unpaired) electrons. The predicted molar refractivity (Wildman–Crippen MR) is 217 cm³/mol. The van der Waals surface area contributed by atoms with Crippen LogP contribution in [0.5, 0.6) is 0 Å². The summed E-state index contributed by atoms with van der Waals surface area (Å²) in [4.78, 5) is 2.39. The quantitative estimate of drug-likeness (QED) is 0.179. The van der Waals surface area contributed by atoms with Crippen LogP contribution in [0.4, 0.5) is 17.1 Å². The lowest BCUT2D eigenvalue weighted by Crippen LogP contribution is -2.09. The third kappa shape index (κ3) is 4.76. The first-order chi connectivity index (χ1) is 24.8. The molecular weight excluding hydrogens is 623 g/mol. The van der Waals surface area contributed by atoms with Crippen molar-refractivity contribution in [2.75, 3.05) is 4.90 Å². The Bertz CT molecular complexity index is 2730. The number of rotatable bonds is 5. The van der Waals surface area contributed by atoms with E-state index in [1.165, 1.54) is 74.7 Å². The minimum absolute atomic E-state index is 1.12. The highest BCUT2D eigenvalue weighted by Crippen LogP contribution is 2.43. The van der Waals surface area contributed by atoms with Crippen LogP contribution >= 0.6 is 11.3 Å². The van der Waals surface area contributed by atoms with E-state index in [-0.39, 0.29) is 0 Å². The molecular formula is C48H31NS. The fourth-order valence-electron chi connectivity index (χ4n) is 7.61. The van der Waals surface area contributed by atoms with Crippen LogP contribution in [0.15, 0.2) is 188 Å². The van der Waals surface area contributed by atoms with Gasteiger partial charge in [0.2, 0.25) is 0 Å². The third-order valence-corrected chi connectivity index (χ3v) is 11.3.